The first kappa shape index (κ1) is 12.3. The fourth-order valence-corrected chi connectivity index (χ4v) is 2.23. The maximum Gasteiger partial charge on any atom is 0.163 e. The van der Waals surface area contributed by atoms with E-state index in [-0.39, 0.29) is 5.78 Å². The molecule has 1 unspecified atom stereocenters. The second kappa shape index (κ2) is 5.46. The minimum atomic E-state index is 0.285. The highest BCUT2D eigenvalue weighted by molar-refractivity contribution is 5.96. The quantitative estimate of drug-likeness (QED) is 0.807. The van der Waals surface area contributed by atoms with E-state index in [1.807, 2.05) is 6.07 Å². The van der Waals surface area contributed by atoms with E-state index in [4.69, 9.17) is 0 Å². The molecule has 0 saturated heterocycles. The molecule has 0 amide bonds. The summed E-state index contributed by atoms with van der Waals surface area (Å²) >= 11 is 0. The smallest absolute Gasteiger partial charge is 0.163 e. The first-order valence-electron chi connectivity index (χ1n) is 6.56. The highest BCUT2D eigenvalue weighted by atomic mass is 16.1. The molecule has 1 aromatic rings. The number of hydrogen-bond donors (Lipinski definition) is 1. The summed E-state index contributed by atoms with van der Waals surface area (Å²) in [6.45, 7) is 6.22. The summed E-state index contributed by atoms with van der Waals surface area (Å²) in [5.74, 6) is 0.768. The Kier molecular flexibility index (Phi) is 3.95. The third kappa shape index (κ3) is 2.95. The first-order valence-corrected chi connectivity index (χ1v) is 6.56. The Labute approximate surface area is 103 Å². The Balaban J connectivity index is 2.13. The molecule has 1 atom stereocenters. The van der Waals surface area contributed by atoms with E-state index in [9.17, 15) is 4.79 Å². The van der Waals surface area contributed by atoms with Gasteiger partial charge in [-0.05, 0) is 36.1 Å². The van der Waals surface area contributed by atoms with Gasteiger partial charge in [-0.1, -0.05) is 32.4 Å². The minimum Gasteiger partial charge on any atom is -0.312 e. The van der Waals surface area contributed by atoms with E-state index in [0.29, 0.717) is 12.3 Å². The average Bonchev–Trinajstić information content (AvgIpc) is 2.38. The van der Waals surface area contributed by atoms with Crippen LogP contribution in [-0.4, -0.2) is 12.3 Å². The number of carbonyl (C=O) groups excluding carboxylic acids is 1. The van der Waals surface area contributed by atoms with E-state index in [1.165, 1.54) is 11.1 Å². The van der Waals surface area contributed by atoms with Crippen LogP contribution >= 0.6 is 0 Å². The summed E-state index contributed by atoms with van der Waals surface area (Å²) in [5.41, 5.74) is 3.57. The zero-order valence-corrected chi connectivity index (χ0v) is 10.8. The first-order chi connectivity index (χ1) is 8.20. The second-order valence-electron chi connectivity index (χ2n) is 5.05. The van der Waals surface area contributed by atoms with Crippen molar-refractivity contribution in [3.63, 3.8) is 0 Å². The van der Waals surface area contributed by atoms with Crippen molar-refractivity contribution in [2.45, 2.75) is 39.7 Å². The molecular weight excluding hydrogens is 210 g/mol. The largest absolute Gasteiger partial charge is 0.312 e. The summed E-state index contributed by atoms with van der Waals surface area (Å²) in [5, 5.41) is 3.35. The Morgan fingerprint density at radius 2 is 2.24 bits per heavy atom. The second-order valence-corrected chi connectivity index (χ2v) is 5.05. The predicted octanol–water partition coefficient (Wildman–Crippen LogP) is 2.95. The fourth-order valence-electron chi connectivity index (χ4n) is 2.23. The topological polar surface area (TPSA) is 29.1 Å². The molecule has 0 saturated carbocycles. The van der Waals surface area contributed by atoms with Crippen molar-refractivity contribution < 1.29 is 4.79 Å². The molecule has 0 bridgehead atoms. The molecule has 17 heavy (non-hydrogen) atoms. The maximum absolute atomic E-state index is 12.1. The van der Waals surface area contributed by atoms with Crippen LogP contribution in [0.25, 0.3) is 0 Å². The van der Waals surface area contributed by atoms with Gasteiger partial charge >= 0.3 is 0 Å². The van der Waals surface area contributed by atoms with Crippen molar-refractivity contribution in [2.75, 3.05) is 6.54 Å². The molecule has 1 aliphatic rings. The number of carbonyl (C=O) groups is 1. The SMILES string of the molecule is CCC(C)CC(=O)c1ccc2c(c1)CNCC2. The van der Waals surface area contributed by atoms with Crippen LogP contribution in [0.4, 0.5) is 0 Å². The van der Waals surface area contributed by atoms with Crippen molar-refractivity contribution in [3.05, 3.63) is 34.9 Å². The van der Waals surface area contributed by atoms with Gasteiger partial charge in [-0.25, -0.2) is 0 Å². The third-order valence-electron chi connectivity index (χ3n) is 3.65. The van der Waals surface area contributed by atoms with Gasteiger partial charge < -0.3 is 5.32 Å². The van der Waals surface area contributed by atoms with Crippen LogP contribution in [0.3, 0.4) is 0 Å². The predicted molar refractivity (Wildman–Crippen MR) is 70.3 cm³/mol. The molecule has 0 radical (unpaired) electrons. The maximum atomic E-state index is 12.1. The highest BCUT2D eigenvalue weighted by Crippen LogP contribution is 2.18. The number of Topliss-reactive ketones (excluding diaryl/α,β-unsaturated/α-hetero) is 1. The van der Waals surface area contributed by atoms with Gasteiger partial charge in [0.2, 0.25) is 0 Å². The lowest BCUT2D eigenvalue weighted by Crippen LogP contribution is -2.23. The highest BCUT2D eigenvalue weighted by Gasteiger charge is 2.14. The molecular formula is C15H21NO. The lowest BCUT2D eigenvalue weighted by atomic mass is 9.93. The molecule has 1 aliphatic heterocycles. The Bertz CT molecular complexity index is 411. The number of nitrogens with one attached hydrogen (secondary N) is 1. The van der Waals surface area contributed by atoms with Crippen LogP contribution < -0.4 is 5.32 Å². The van der Waals surface area contributed by atoms with Gasteiger partial charge in [0.25, 0.3) is 0 Å². The van der Waals surface area contributed by atoms with Crippen molar-refractivity contribution in [1.29, 1.82) is 0 Å². The van der Waals surface area contributed by atoms with E-state index in [2.05, 4.69) is 31.3 Å². The van der Waals surface area contributed by atoms with Gasteiger partial charge in [0.1, 0.15) is 0 Å². The fraction of sp³-hybridized carbons (Fsp3) is 0.533. The van der Waals surface area contributed by atoms with Crippen molar-refractivity contribution in [2.24, 2.45) is 5.92 Å². The van der Waals surface area contributed by atoms with Crippen molar-refractivity contribution >= 4 is 5.78 Å². The summed E-state index contributed by atoms with van der Waals surface area (Å²) in [6, 6.07) is 6.20. The Morgan fingerprint density at radius 1 is 1.41 bits per heavy atom. The number of benzene rings is 1. The Morgan fingerprint density at radius 3 is 3.00 bits per heavy atom. The van der Waals surface area contributed by atoms with Crippen LogP contribution in [0.1, 0.15) is 48.2 Å². The van der Waals surface area contributed by atoms with E-state index >= 15 is 0 Å². The van der Waals surface area contributed by atoms with E-state index in [1.54, 1.807) is 0 Å². The minimum absolute atomic E-state index is 0.285. The number of fused-ring (bicyclic) bond motifs is 1. The number of ketones is 1. The molecule has 0 aromatic heterocycles. The summed E-state index contributed by atoms with van der Waals surface area (Å²) < 4.78 is 0. The summed E-state index contributed by atoms with van der Waals surface area (Å²) in [4.78, 5) is 12.1. The molecule has 1 heterocycles. The molecule has 2 heteroatoms. The summed E-state index contributed by atoms with van der Waals surface area (Å²) in [7, 11) is 0. The molecule has 1 aromatic carbocycles. The van der Waals surface area contributed by atoms with E-state index in [0.717, 1.165) is 31.5 Å². The molecule has 1 N–H and O–H groups in total. The lowest BCUT2D eigenvalue weighted by Gasteiger charge is -2.18. The molecule has 2 nitrogen and oxygen atoms in total. The zero-order valence-electron chi connectivity index (χ0n) is 10.8. The van der Waals surface area contributed by atoms with Gasteiger partial charge in [-0.3, -0.25) is 4.79 Å². The zero-order chi connectivity index (χ0) is 12.3. The van der Waals surface area contributed by atoms with Crippen molar-refractivity contribution in [3.8, 4) is 0 Å². The van der Waals surface area contributed by atoms with Gasteiger partial charge in [0.05, 0.1) is 0 Å². The molecule has 0 aliphatic carbocycles. The van der Waals surface area contributed by atoms with Crippen LogP contribution in [0.2, 0.25) is 0 Å². The summed E-state index contributed by atoms with van der Waals surface area (Å²) in [6.07, 6.45) is 2.82. The van der Waals surface area contributed by atoms with Crippen LogP contribution in [0.5, 0.6) is 0 Å². The van der Waals surface area contributed by atoms with Crippen LogP contribution in [0, 0.1) is 5.92 Å². The van der Waals surface area contributed by atoms with Gasteiger partial charge in [-0.2, -0.15) is 0 Å². The molecule has 0 fully saturated rings. The van der Waals surface area contributed by atoms with Gasteiger partial charge in [-0.15, -0.1) is 0 Å². The number of rotatable bonds is 4. The average molecular weight is 231 g/mol. The lowest BCUT2D eigenvalue weighted by molar-refractivity contribution is 0.0963. The standard InChI is InChI=1S/C15H21NO/c1-3-11(2)8-15(17)13-5-4-12-6-7-16-10-14(12)9-13/h4-5,9,11,16H,3,6-8,10H2,1-2H3. The number of hydrogen-bond acceptors (Lipinski definition) is 2. The Hall–Kier alpha value is -1.15. The van der Waals surface area contributed by atoms with Gasteiger partial charge in [0.15, 0.2) is 5.78 Å². The monoisotopic (exact) mass is 231 g/mol. The molecule has 2 rings (SSSR count). The molecule has 92 valence electrons. The van der Waals surface area contributed by atoms with Gasteiger partial charge in [0, 0.05) is 18.5 Å². The molecule has 0 spiro atoms. The third-order valence-corrected chi connectivity index (χ3v) is 3.65. The van der Waals surface area contributed by atoms with Crippen molar-refractivity contribution in [1.82, 2.24) is 5.32 Å². The normalized spacial score (nSPS) is 16.4. The van der Waals surface area contributed by atoms with E-state index < -0.39 is 0 Å². The van der Waals surface area contributed by atoms with Crippen LogP contribution in [0.15, 0.2) is 18.2 Å². The van der Waals surface area contributed by atoms with Crippen LogP contribution in [-0.2, 0) is 13.0 Å².